The maximum Gasteiger partial charge on any atom is 0.387 e. The van der Waals surface area contributed by atoms with Crippen LogP contribution < -0.4 is 10.1 Å². The molecule has 28 heavy (non-hydrogen) atoms. The van der Waals surface area contributed by atoms with Crippen LogP contribution in [0.2, 0.25) is 0 Å². The summed E-state index contributed by atoms with van der Waals surface area (Å²) in [6.07, 6.45) is 1.78. The number of nitro benzene ring substituents is 1. The van der Waals surface area contributed by atoms with E-state index < -0.39 is 17.6 Å². The number of nitrogens with zero attached hydrogens (tertiary/aromatic N) is 4. The smallest absolute Gasteiger partial charge is 0.387 e. The van der Waals surface area contributed by atoms with Gasteiger partial charge in [0.25, 0.3) is 5.69 Å². The largest absolute Gasteiger partial charge is 0.434 e. The minimum absolute atomic E-state index is 0.0238. The first-order chi connectivity index (χ1) is 13.5. The summed E-state index contributed by atoms with van der Waals surface area (Å²) < 4.78 is 31.9. The fourth-order valence-corrected chi connectivity index (χ4v) is 3.41. The summed E-state index contributed by atoms with van der Waals surface area (Å²) in [4.78, 5) is 14.8. The quantitative estimate of drug-likeness (QED) is 0.526. The number of benzene rings is 2. The third kappa shape index (κ3) is 3.36. The third-order valence-electron chi connectivity index (χ3n) is 4.61. The summed E-state index contributed by atoms with van der Waals surface area (Å²) in [6, 6.07) is 12.1. The number of ether oxygens (including phenoxy) is 1. The minimum Gasteiger partial charge on any atom is -0.434 e. The summed E-state index contributed by atoms with van der Waals surface area (Å²) in [7, 11) is 0. The number of nitro groups is 1. The second-order valence-corrected chi connectivity index (χ2v) is 6.25. The van der Waals surface area contributed by atoms with E-state index in [9.17, 15) is 18.9 Å². The van der Waals surface area contributed by atoms with Crippen LogP contribution >= 0.6 is 0 Å². The monoisotopic (exact) mass is 387 g/mol. The SMILES string of the molecule is O=[N+]([O-])c1cccc([C@H]2C[C@@H](c3ccccc3OC(F)F)n3ncnc3N2)c1. The number of hydrogen-bond acceptors (Lipinski definition) is 6. The molecular formula is C18H15F2N5O3. The van der Waals surface area contributed by atoms with Crippen LogP contribution in [-0.2, 0) is 0 Å². The normalized spacial score (nSPS) is 18.4. The Morgan fingerprint density at radius 3 is 2.86 bits per heavy atom. The standard InChI is InChI=1S/C18H15F2N5O3/c19-17(20)28-16-7-2-1-6-13(16)15-9-14(23-18-21-10-22-24(15)18)11-4-3-5-12(8-11)25(26)27/h1-8,10,14-15,17H,9H2,(H,21,22,23)/t14-,15+/m1/s1. The van der Waals surface area contributed by atoms with Crippen molar-refractivity contribution in [2.75, 3.05) is 5.32 Å². The van der Waals surface area contributed by atoms with E-state index in [0.717, 1.165) is 0 Å². The first-order valence-electron chi connectivity index (χ1n) is 8.47. The highest BCUT2D eigenvalue weighted by Crippen LogP contribution is 2.41. The summed E-state index contributed by atoms with van der Waals surface area (Å²) in [5.41, 5.74) is 1.21. The number of alkyl halides is 2. The van der Waals surface area contributed by atoms with E-state index in [2.05, 4.69) is 20.1 Å². The molecule has 0 spiro atoms. The molecule has 1 N–H and O–H groups in total. The number of nitrogens with one attached hydrogen (secondary N) is 1. The Kier molecular flexibility index (Phi) is 4.60. The van der Waals surface area contributed by atoms with E-state index in [1.54, 1.807) is 35.0 Å². The Balaban J connectivity index is 1.74. The Morgan fingerprint density at radius 1 is 1.25 bits per heavy atom. The van der Waals surface area contributed by atoms with Gasteiger partial charge in [-0.25, -0.2) is 4.68 Å². The second kappa shape index (κ2) is 7.22. The highest BCUT2D eigenvalue weighted by atomic mass is 19.3. The van der Waals surface area contributed by atoms with Crippen molar-refractivity contribution in [3.63, 3.8) is 0 Å². The number of non-ortho nitro benzene ring substituents is 1. The van der Waals surface area contributed by atoms with Gasteiger partial charge >= 0.3 is 6.61 Å². The summed E-state index contributed by atoms with van der Waals surface area (Å²) >= 11 is 0. The highest BCUT2D eigenvalue weighted by molar-refractivity contribution is 5.44. The van der Waals surface area contributed by atoms with E-state index >= 15 is 0 Å². The van der Waals surface area contributed by atoms with Gasteiger partial charge in [0.1, 0.15) is 12.1 Å². The van der Waals surface area contributed by atoms with Crippen LogP contribution in [-0.4, -0.2) is 26.3 Å². The minimum atomic E-state index is -2.95. The van der Waals surface area contributed by atoms with Crippen LogP contribution in [0.4, 0.5) is 20.4 Å². The summed E-state index contributed by atoms with van der Waals surface area (Å²) in [6.45, 7) is -2.95. The zero-order valence-electron chi connectivity index (χ0n) is 14.4. The van der Waals surface area contributed by atoms with Gasteiger partial charge in [-0.1, -0.05) is 30.3 Å². The first-order valence-corrected chi connectivity index (χ1v) is 8.47. The number of rotatable bonds is 5. The first kappa shape index (κ1) is 17.8. The highest BCUT2D eigenvalue weighted by Gasteiger charge is 2.32. The Bertz CT molecular complexity index is 1010. The van der Waals surface area contributed by atoms with E-state index in [-0.39, 0.29) is 17.5 Å². The topological polar surface area (TPSA) is 95.1 Å². The van der Waals surface area contributed by atoms with Crippen molar-refractivity contribution < 1.29 is 18.4 Å². The molecule has 1 aliphatic rings. The lowest BCUT2D eigenvalue weighted by Crippen LogP contribution is -2.28. The molecule has 0 aliphatic carbocycles. The zero-order valence-corrected chi connectivity index (χ0v) is 14.4. The fourth-order valence-electron chi connectivity index (χ4n) is 3.41. The molecule has 0 fully saturated rings. The van der Waals surface area contributed by atoms with Gasteiger partial charge in [-0.3, -0.25) is 10.1 Å². The van der Waals surface area contributed by atoms with Crippen LogP contribution in [0.25, 0.3) is 0 Å². The molecule has 8 nitrogen and oxygen atoms in total. The van der Waals surface area contributed by atoms with Crippen LogP contribution in [0.5, 0.6) is 5.75 Å². The lowest BCUT2D eigenvalue weighted by Gasteiger charge is -2.32. The Labute approximate surface area is 157 Å². The average molecular weight is 387 g/mol. The van der Waals surface area contributed by atoms with Crippen LogP contribution in [0.15, 0.2) is 54.9 Å². The lowest BCUT2D eigenvalue weighted by molar-refractivity contribution is -0.384. The molecule has 144 valence electrons. The Morgan fingerprint density at radius 2 is 2.07 bits per heavy atom. The van der Waals surface area contributed by atoms with E-state index in [4.69, 9.17) is 0 Å². The van der Waals surface area contributed by atoms with Gasteiger partial charge < -0.3 is 10.1 Å². The maximum absolute atomic E-state index is 12.8. The number of aromatic nitrogens is 3. The van der Waals surface area contributed by atoms with Crippen LogP contribution in [0, 0.1) is 10.1 Å². The molecule has 2 heterocycles. The fraction of sp³-hybridized carbons (Fsp3) is 0.222. The van der Waals surface area contributed by atoms with Gasteiger partial charge in [0.15, 0.2) is 0 Å². The molecule has 1 aromatic heterocycles. The van der Waals surface area contributed by atoms with Gasteiger partial charge in [-0.05, 0) is 18.1 Å². The van der Waals surface area contributed by atoms with E-state index in [0.29, 0.717) is 23.5 Å². The van der Waals surface area contributed by atoms with Crippen LogP contribution in [0.1, 0.15) is 29.6 Å². The second-order valence-electron chi connectivity index (χ2n) is 6.25. The molecule has 0 bridgehead atoms. The average Bonchev–Trinajstić information content (AvgIpc) is 3.16. The van der Waals surface area contributed by atoms with Crippen LogP contribution in [0.3, 0.4) is 0 Å². The predicted octanol–water partition coefficient (Wildman–Crippen LogP) is 3.93. The number of halogens is 2. The summed E-state index contributed by atoms with van der Waals surface area (Å²) in [5, 5.41) is 18.5. The number of hydrogen-bond donors (Lipinski definition) is 1. The van der Waals surface area contributed by atoms with Gasteiger partial charge in [-0.2, -0.15) is 18.9 Å². The van der Waals surface area contributed by atoms with Crippen molar-refractivity contribution in [1.29, 1.82) is 0 Å². The molecule has 0 amide bonds. The predicted molar refractivity (Wildman–Crippen MR) is 95.3 cm³/mol. The maximum atomic E-state index is 12.8. The molecule has 4 rings (SSSR count). The third-order valence-corrected chi connectivity index (χ3v) is 4.61. The van der Waals surface area contributed by atoms with Gasteiger partial charge in [-0.15, -0.1) is 0 Å². The van der Waals surface area contributed by atoms with E-state index in [1.807, 2.05) is 0 Å². The van der Waals surface area contributed by atoms with Crippen molar-refractivity contribution in [2.24, 2.45) is 0 Å². The van der Waals surface area contributed by atoms with Gasteiger partial charge in [0.05, 0.1) is 17.0 Å². The molecule has 2 aromatic carbocycles. The Hall–Kier alpha value is -3.56. The van der Waals surface area contributed by atoms with Crippen molar-refractivity contribution in [3.05, 3.63) is 76.1 Å². The molecule has 0 radical (unpaired) electrons. The zero-order chi connectivity index (χ0) is 19.7. The molecule has 0 unspecified atom stereocenters. The molecule has 0 saturated carbocycles. The van der Waals surface area contributed by atoms with Crippen molar-refractivity contribution in [2.45, 2.75) is 25.1 Å². The molecule has 2 atom stereocenters. The number of anilines is 1. The number of fused-ring (bicyclic) bond motifs is 1. The number of para-hydroxylation sites is 1. The molecular weight excluding hydrogens is 372 g/mol. The van der Waals surface area contributed by atoms with Crippen molar-refractivity contribution >= 4 is 11.6 Å². The van der Waals surface area contributed by atoms with E-state index in [1.165, 1.54) is 24.5 Å². The molecule has 10 heteroatoms. The molecule has 1 aliphatic heterocycles. The molecule has 3 aromatic rings. The lowest BCUT2D eigenvalue weighted by atomic mass is 9.92. The molecule has 0 saturated heterocycles. The van der Waals surface area contributed by atoms with Crippen molar-refractivity contribution in [3.8, 4) is 5.75 Å². The van der Waals surface area contributed by atoms with Gasteiger partial charge in [0, 0.05) is 17.7 Å². The van der Waals surface area contributed by atoms with Crippen molar-refractivity contribution in [1.82, 2.24) is 14.8 Å². The van der Waals surface area contributed by atoms with Gasteiger partial charge in [0.2, 0.25) is 5.95 Å². The summed E-state index contributed by atoms with van der Waals surface area (Å²) in [5.74, 6) is 0.503.